The molecule has 3 heterocycles. The topological polar surface area (TPSA) is 59.0 Å². The molecule has 4 rings (SSSR count). The van der Waals surface area contributed by atoms with Crippen LogP contribution in [-0.2, 0) is 6.54 Å². The zero-order valence-corrected chi connectivity index (χ0v) is 17.1. The maximum absolute atomic E-state index is 13.9. The molecule has 7 nitrogen and oxygen atoms in total. The van der Waals surface area contributed by atoms with Crippen LogP contribution in [-0.4, -0.2) is 90.6 Å². The Balaban J connectivity index is 1.28. The van der Waals surface area contributed by atoms with Crippen LogP contribution in [0.25, 0.3) is 0 Å². The van der Waals surface area contributed by atoms with Crippen LogP contribution >= 0.6 is 0 Å². The van der Waals surface area contributed by atoms with Gasteiger partial charge in [-0.15, -0.1) is 10.2 Å². The van der Waals surface area contributed by atoms with Gasteiger partial charge in [-0.25, -0.2) is 8.78 Å². The summed E-state index contributed by atoms with van der Waals surface area (Å²) in [5.74, 6) is 0.698. The highest BCUT2D eigenvalue weighted by Crippen LogP contribution is 2.19. The molecule has 0 unspecified atom stereocenters. The largest absolute Gasteiger partial charge is 0.395 e. The number of anilines is 2. The molecular formula is C21H28F2N6O. The first kappa shape index (κ1) is 20.9. The van der Waals surface area contributed by atoms with Crippen LogP contribution in [0.1, 0.15) is 5.56 Å². The lowest BCUT2D eigenvalue weighted by Crippen LogP contribution is -2.47. The van der Waals surface area contributed by atoms with E-state index in [1.54, 1.807) is 0 Å². The molecule has 2 aliphatic heterocycles. The lowest BCUT2D eigenvalue weighted by molar-refractivity contribution is 0.188. The Kier molecular flexibility index (Phi) is 6.71. The smallest absolute Gasteiger partial charge is 0.151 e. The summed E-state index contributed by atoms with van der Waals surface area (Å²) >= 11 is 0. The van der Waals surface area contributed by atoms with Crippen LogP contribution in [0.3, 0.4) is 0 Å². The summed E-state index contributed by atoms with van der Waals surface area (Å²) in [6.45, 7) is 8.14. The number of piperazine rings is 2. The summed E-state index contributed by atoms with van der Waals surface area (Å²) in [5, 5.41) is 17.9. The standard InChI is InChI=1S/C21H28F2N6O/c22-18-2-1-17(19(23)15-18)16-27-7-11-29(12-8-27)21-4-3-20(24-25-21)28-9-5-26(6-10-28)13-14-30/h1-4,15,30H,5-14,16H2. The average Bonchev–Trinajstić information content (AvgIpc) is 2.77. The number of hydrogen-bond donors (Lipinski definition) is 1. The van der Waals surface area contributed by atoms with E-state index >= 15 is 0 Å². The van der Waals surface area contributed by atoms with E-state index in [2.05, 4.69) is 29.8 Å². The second-order valence-electron chi connectivity index (χ2n) is 7.80. The minimum Gasteiger partial charge on any atom is -0.395 e. The minimum atomic E-state index is -0.546. The van der Waals surface area contributed by atoms with Crippen molar-refractivity contribution in [2.24, 2.45) is 0 Å². The number of hydrogen-bond acceptors (Lipinski definition) is 7. The third kappa shape index (κ3) is 5.03. The SMILES string of the molecule is OCCN1CCN(c2ccc(N3CCN(Cc4ccc(F)cc4F)CC3)nn2)CC1. The molecule has 0 atom stereocenters. The zero-order valence-electron chi connectivity index (χ0n) is 17.1. The molecule has 1 aromatic heterocycles. The Bertz CT molecular complexity index is 821. The number of rotatable bonds is 6. The lowest BCUT2D eigenvalue weighted by Gasteiger charge is -2.36. The number of aliphatic hydroxyl groups excluding tert-OH is 1. The van der Waals surface area contributed by atoms with Gasteiger partial charge in [0.05, 0.1) is 6.61 Å². The van der Waals surface area contributed by atoms with Gasteiger partial charge < -0.3 is 14.9 Å². The van der Waals surface area contributed by atoms with Crippen molar-refractivity contribution in [1.29, 1.82) is 0 Å². The molecule has 0 bridgehead atoms. The molecule has 2 aliphatic rings. The van der Waals surface area contributed by atoms with Crippen molar-refractivity contribution in [1.82, 2.24) is 20.0 Å². The maximum atomic E-state index is 13.9. The first-order valence-electron chi connectivity index (χ1n) is 10.5. The van der Waals surface area contributed by atoms with E-state index in [0.717, 1.165) is 76.6 Å². The molecular weight excluding hydrogens is 390 g/mol. The Labute approximate surface area is 175 Å². The first-order chi connectivity index (χ1) is 14.6. The van der Waals surface area contributed by atoms with Crippen LogP contribution in [0.4, 0.5) is 20.4 Å². The van der Waals surface area contributed by atoms with E-state index in [1.807, 2.05) is 12.1 Å². The molecule has 0 aliphatic carbocycles. The highest BCUT2D eigenvalue weighted by atomic mass is 19.1. The molecule has 0 spiro atoms. The fourth-order valence-corrected chi connectivity index (χ4v) is 4.02. The second-order valence-corrected chi connectivity index (χ2v) is 7.80. The first-order valence-corrected chi connectivity index (χ1v) is 10.5. The third-order valence-electron chi connectivity index (χ3n) is 5.85. The molecule has 30 heavy (non-hydrogen) atoms. The Morgan fingerprint density at radius 1 is 0.767 bits per heavy atom. The second kappa shape index (κ2) is 9.63. The van der Waals surface area contributed by atoms with Crippen LogP contribution in [0.2, 0.25) is 0 Å². The van der Waals surface area contributed by atoms with Crippen molar-refractivity contribution < 1.29 is 13.9 Å². The summed E-state index contributed by atoms with van der Waals surface area (Å²) in [6, 6.07) is 7.79. The van der Waals surface area contributed by atoms with E-state index in [-0.39, 0.29) is 6.61 Å². The summed E-state index contributed by atoms with van der Waals surface area (Å²) < 4.78 is 27.0. The van der Waals surface area contributed by atoms with Gasteiger partial charge in [0.15, 0.2) is 11.6 Å². The predicted octanol–water partition coefficient (Wildman–Crippen LogP) is 1.19. The van der Waals surface area contributed by atoms with Gasteiger partial charge in [0.2, 0.25) is 0 Å². The quantitative estimate of drug-likeness (QED) is 0.756. The average molecular weight is 418 g/mol. The zero-order chi connectivity index (χ0) is 20.9. The molecule has 1 aromatic carbocycles. The summed E-state index contributed by atoms with van der Waals surface area (Å²) in [5.41, 5.74) is 0.521. The lowest BCUT2D eigenvalue weighted by atomic mass is 10.2. The van der Waals surface area contributed by atoms with Crippen LogP contribution in [0, 0.1) is 11.6 Å². The molecule has 0 saturated carbocycles. The van der Waals surface area contributed by atoms with E-state index in [0.29, 0.717) is 12.1 Å². The van der Waals surface area contributed by atoms with Gasteiger partial charge in [0.1, 0.15) is 11.6 Å². The Morgan fingerprint density at radius 3 is 1.83 bits per heavy atom. The number of benzene rings is 1. The Morgan fingerprint density at radius 2 is 1.33 bits per heavy atom. The van der Waals surface area contributed by atoms with Crippen LogP contribution in [0.15, 0.2) is 30.3 Å². The van der Waals surface area contributed by atoms with Crippen molar-refractivity contribution >= 4 is 11.6 Å². The van der Waals surface area contributed by atoms with E-state index in [4.69, 9.17) is 5.11 Å². The van der Waals surface area contributed by atoms with Crippen molar-refractivity contribution in [2.75, 3.05) is 75.3 Å². The Hall–Kier alpha value is -2.36. The van der Waals surface area contributed by atoms with Gasteiger partial charge in [-0.1, -0.05) is 6.07 Å². The fraction of sp³-hybridized carbons (Fsp3) is 0.524. The minimum absolute atomic E-state index is 0.195. The molecule has 9 heteroatoms. The number of nitrogens with zero attached hydrogens (tertiary/aromatic N) is 6. The predicted molar refractivity (Wildman–Crippen MR) is 112 cm³/mol. The van der Waals surface area contributed by atoms with Gasteiger partial charge in [-0.3, -0.25) is 9.80 Å². The van der Waals surface area contributed by atoms with Gasteiger partial charge in [-0.05, 0) is 18.2 Å². The van der Waals surface area contributed by atoms with Crippen molar-refractivity contribution in [3.05, 3.63) is 47.5 Å². The van der Waals surface area contributed by atoms with Crippen LogP contribution < -0.4 is 9.80 Å². The number of halogens is 2. The monoisotopic (exact) mass is 418 g/mol. The van der Waals surface area contributed by atoms with E-state index in [9.17, 15) is 8.78 Å². The third-order valence-corrected chi connectivity index (χ3v) is 5.85. The van der Waals surface area contributed by atoms with Crippen LogP contribution in [0.5, 0.6) is 0 Å². The van der Waals surface area contributed by atoms with Crippen molar-refractivity contribution in [3.8, 4) is 0 Å². The molecule has 162 valence electrons. The fourth-order valence-electron chi connectivity index (χ4n) is 4.02. The number of aromatic nitrogens is 2. The van der Waals surface area contributed by atoms with Gasteiger partial charge >= 0.3 is 0 Å². The molecule has 1 N–H and O–H groups in total. The van der Waals surface area contributed by atoms with Crippen molar-refractivity contribution in [3.63, 3.8) is 0 Å². The number of β-amino-alcohol motifs (C(OH)–C–C–N with tert-alkyl or cyclic N) is 1. The molecule has 0 amide bonds. The summed E-state index contributed by atoms with van der Waals surface area (Å²) in [6.07, 6.45) is 0. The maximum Gasteiger partial charge on any atom is 0.151 e. The molecule has 0 radical (unpaired) electrons. The highest BCUT2D eigenvalue weighted by molar-refractivity contribution is 5.45. The molecule has 2 saturated heterocycles. The van der Waals surface area contributed by atoms with Crippen molar-refractivity contribution in [2.45, 2.75) is 6.54 Å². The highest BCUT2D eigenvalue weighted by Gasteiger charge is 2.21. The van der Waals surface area contributed by atoms with E-state index in [1.165, 1.54) is 12.1 Å². The molecule has 2 fully saturated rings. The van der Waals surface area contributed by atoms with Gasteiger partial charge in [0, 0.05) is 77.1 Å². The molecule has 2 aromatic rings. The van der Waals surface area contributed by atoms with E-state index < -0.39 is 11.6 Å². The normalized spacial score (nSPS) is 18.8. The summed E-state index contributed by atoms with van der Waals surface area (Å²) in [7, 11) is 0. The van der Waals surface area contributed by atoms with Gasteiger partial charge in [0.25, 0.3) is 0 Å². The summed E-state index contributed by atoms with van der Waals surface area (Å²) in [4.78, 5) is 8.82. The van der Waals surface area contributed by atoms with Gasteiger partial charge in [-0.2, -0.15) is 0 Å². The number of aliphatic hydroxyl groups is 1.